The van der Waals surface area contributed by atoms with Gasteiger partial charge in [0.2, 0.25) is 0 Å². The maximum absolute atomic E-state index is 10.2. The molecule has 0 fully saturated rings. The second-order valence-corrected chi connectivity index (χ2v) is 4.31. The fourth-order valence-electron chi connectivity index (χ4n) is 0.965. The number of carbonyl (C=O) groups excluding carboxylic acids is 2. The summed E-state index contributed by atoms with van der Waals surface area (Å²) in [5, 5.41) is 7.76. The number of hydrogen-bond donors (Lipinski definition) is 1. The van der Waals surface area contributed by atoms with Crippen molar-refractivity contribution in [3.8, 4) is 0 Å². The van der Waals surface area contributed by atoms with Gasteiger partial charge < -0.3 is 14.6 Å². The van der Waals surface area contributed by atoms with Crippen molar-refractivity contribution in [2.45, 2.75) is 13.8 Å². The van der Waals surface area contributed by atoms with Crippen LogP contribution in [-0.4, -0.2) is 37.4 Å². The van der Waals surface area contributed by atoms with Crippen molar-refractivity contribution in [1.82, 2.24) is 0 Å². The molecular formula is C21H30O5. The molecule has 26 heavy (non-hydrogen) atoms. The first-order valence-electron chi connectivity index (χ1n) is 7.76. The van der Waals surface area contributed by atoms with E-state index < -0.39 is 0 Å². The molecule has 0 saturated carbocycles. The van der Waals surface area contributed by atoms with Gasteiger partial charge in [0.05, 0.1) is 20.3 Å². The molecule has 5 nitrogen and oxygen atoms in total. The van der Waals surface area contributed by atoms with Crippen LogP contribution in [0.3, 0.4) is 0 Å². The topological polar surface area (TPSA) is 72.8 Å². The Morgan fingerprint density at radius 1 is 1.15 bits per heavy atom. The van der Waals surface area contributed by atoms with Crippen LogP contribution in [-0.2, 0) is 19.1 Å². The van der Waals surface area contributed by atoms with Crippen molar-refractivity contribution in [3.63, 3.8) is 0 Å². The molecule has 1 N–H and O–H groups in total. The zero-order valence-electron chi connectivity index (χ0n) is 15.9. The third kappa shape index (κ3) is 23.3. The number of hydrogen-bond acceptors (Lipinski definition) is 5. The van der Waals surface area contributed by atoms with E-state index in [0.717, 1.165) is 6.08 Å². The lowest BCUT2D eigenvalue weighted by Crippen LogP contribution is -1.98. The summed E-state index contributed by atoms with van der Waals surface area (Å²) in [5.74, 6) is -0.706. The maximum Gasteiger partial charge on any atom is 0.332 e. The first-order valence-corrected chi connectivity index (χ1v) is 7.76. The van der Waals surface area contributed by atoms with Crippen LogP contribution in [0.15, 0.2) is 74.4 Å². The number of aliphatic hydroxyl groups is 1. The SMILES string of the molecule is C=C(C)C(=O)OC.C=CC(=O)OCC.C=CCO.C=Cc1ccccc1. The van der Waals surface area contributed by atoms with Gasteiger partial charge in [-0.3, -0.25) is 0 Å². The van der Waals surface area contributed by atoms with Crippen molar-refractivity contribution in [3.05, 3.63) is 79.9 Å². The third-order valence-electron chi connectivity index (χ3n) is 2.15. The van der Waals surface area contributed by atoms with E-state index in [0.29, 0.717) is 12.2 Å². The Bertz CT molecular complexity index is 531. The van der Waals surface area contributed by atoms with Crippen LogP contribution in [0, 0.1) is 0 Å². The van der Waals surface area contributed by atoms with Gasteiger partial charge in [0.25, 0.3) is 0 Å². The van der Waals surface area contributed by atoms with E-state index in [2.05, 4.69) is 35.8 Å². The Balaban J connectivity index is -0.000000279. The van der Waals surface area contributed by atoms with Gasteiger partial charge in [-0.2, -0.15) is 0 Å². The molecule has 0 amide bonds. The monoisotopic (exact) mass is 362 g/mol. The molecule has 1 aromatic carbocycles. The van der Waals surface area contributed by atoms with Gasteiger partial charge >= 0.3 is 11.9 Å². The summed E-state index contributed by atoms with van der Waals surface area (Å²) in [6.07, 6.45) is 4.41. The van der Waals surface area contributed by atoms with Crippen LogP contribution >= 0.6 is 0 Å². The Morgan fingerprint density at radius 2 is 1.65 bits per heavy atom. The number of rotatable bonds is 5. The normalized spacial score (nSPS) is 7.69. The van der Waals surface area contributed by atoms with E-state index in [9.17, 15) is 9.59 Å². The summed E-state index contributed by atoms with van der Waals surface area (Å²) in [5.41, 5.74) is 1.61. The van der Waals surface area contributed by atoms with Crippen LogP contribution in [0.5, 0.6) is 0 Å². The molecule has 144 valence electrons. The van der Waals surface area contributed by atoms with E-state index in [1.54, 1.807) is 13.8 Å². The first kappa shape index (κ1) is 27.9. The smallest absolute Gasteiger partial charge is 0.332 e. The number of carbonyl (C=O) groups is 2. The number of aliphatic hydroxyl groups excluding tert-OH is 1. The minimum atomic E-state index is -0.359. The average Bonchev–Trinajstić information content (AvgIpc) is 2.69. The third-order valence-corrected chi connectivity index (χ3v) is 2.15. The lowest BCUT2D eigenvalue weighted by atomic mass is 10.2. The zero-order chi connectivity index (χ0) is 20.8. The highest BCUT2D eigenvalue weighted by atomic mass is 16.5. The van der Waals surface area contributed by atoms with Crippen LogP contribution in [0.25, 0.3) is 6.08 Å². The molecule has 0 radical (unpaired) electrons. The molecule has 0 aromatic heterocycles. The highest BCUT2D eigenvalue weighted by molar-refractivity contribution is 5.86. The first-order chi connectivity index (χ1) is 12.3. The molecular weight excluding hydrogens is 332 g/mol. The quantitative estimate of drug-likeness (QED) is 0.487. The van der Waals surface area contributed by atoms with E-state index in [4.69, 9.17) is 5.11 Å². The van der Waals surface area contributed by atoms with Gasteiger partial charge in [-0.1, -0.05) is 62.2 Å². The minimum Gasteiger partial charge on any atom is -0.466 e. The number of esters is 2. The summed E-state index contributed by atoms with van der Waals surface area (Å²) in [7, 11) is 1.33. The van der Waals surface area contributed by atoms with E-state index in [1.807, 2.05) is 36.4 Å². The Labute approximate surface area is 157 Å². The van der Waals surface area contributed by atoms with Crippen molar-refractivity contribution >= 4 is 18.0 Å². The molecule has 0 bridgehead atoms. The predicted molar refractivity (Wildman–Crippen MR) is 107 cm³/mol. The summed E-state index contributed by atoms with van der Waals surface area (Å²) >= 11 is 0. The summed E-state index contributed by atoms with van der Waals surface area (Å²) in [4.78, 5) is 20.3. The molecule has 0 aliphatic rings. The van der Waals surface area contributed by atoms with E-state index in [1.165, 1.54) is 18.7 Å². The van der Waals surface area contributed by atoms with Gasteiger partial charge in [0, 0.05) is 11.6 Å². The maximum atomic E-state index is 10.2. The lowest BCUT2D eigenvalue weighted by molar-refractivity contribution is -0.137. The van der Waals surface area contributed by atoms with Gasteiger partial charge in [-0.25, -0.2) is 9.59 Å². The summed E-state index contributed by atoms with van der Waals surface area (Å²) in [6.45, 7) is 17.3. The summed E-state index contributed by atoms with van der Waals surface area (Å²) in [6, 6.07) is 10.0. The molecule has 0 unspecified atom stereocenters. The van der Waals surface area contributed by atoms with E-state index >= 15 is 0 Å². The molecule has 0 heterocycles. The van der Waals surface area contributed by atoms with Gasteiger partial charge in [-0.05, 0) is 19.4 Å². The van der Waals surface area contributed by atoms with Crippen LogP contribution < -0.4 is 0 Å². The second kappa shape index (κ2) is 22.1. The minimum absolute atomic E-state index is 0.0833. The van der Waals surface area contributed by atoms with Crippen molar-refractivity contribution in [1.29, 1.82) is 0 Å². The van der Waals surface area contributed by atoms with Crippen molar-refractivity contribution < 1.29 is 24.2 Å². The number of benzene rings is 1. The fraction of sp³-hybridized carbons (Fsp3) is 0.238. The highest BCUT2D eigenvalue weighted by Gasteiger charge is 1.95. The molecule has 0 atom stereocenters. The van der Waals surface area contributed by atoms with Crippen molar-refractivity contribution in [2.75, 3.05) is 20.3 Å². The summed E-state index contributed by atoms with van der Waals surface area (Å²) < 4.78 is 8.71. The molecule has 5 heteroatoms. The Hall–Kier alpha value is -2.92. The number of ether oxygens (including phenoxy) is 2. The van der Waals surface area contributed by atoms with Crippen LogP contribution in [0.2, 0.25) is 0 Å². The predicted octanol–water partition coefficient (Wildman–Crippen LogP) is 3.97. The van der Waals surface area contributed by atoms with Gasteiger partial charge in [0.1, 0.15) is 0 Å². The van der Waals surface area contributed by atoms with Gasteiger partial charge in [-0.15, -0.1) is 6.58 Å². The Kier molecular flexibility index (Phi) is 23.7. The zero-order valence-corrected chi connectivity index (χ0v) is 15.9. The molecule has 0 saturated heterocycles. The molecule has 0 aliphatic carbocycles. The molecule has 0 spiro atoms. The largest absolute Gasteiger partial charge is 0.466 e. The second-order valence-electron chi connectivity index (χ2n) is 4.31. The van der Waals surface area contributed by atoms with Crippen LogP contribution in [0.4, 0.5) is 0 Å². The van der Waals surface area contributed by atoms with E-state index in [-0.39, 0.29) is 18.5 Å². The fourth-order valence-corrected chi connectivity index (χ4v) is 0.965. The lowest BCUT2D eigenvalue weighted by Gasteiger charge is -1.91. The van der Waals surface area contributed by atoms with Crippen molar-refractivity contribution in [2.24, 2.45) is 0 Å². The Morgan fingerprint density at radius 3 is 1.81 bits per heavy atom. The highest BCUT2D eigenvalue weighted by Crippen LogP contribution is 1.97. The average molecular weight is 362 g/mol. The van der Waals surface area contributed by atoms with Gasteiger partial charge in [0.15, 0.2) is 0 Å². The molecule has 1 aromatic rings. The van der Waals surface area contributed by atoms with Crippen LogP contribution in [0.1, 0.15) is 19.4 Å². The molecule has 0 aliphatic heterocycles. The standard InChI is InChI=1S/C8H8.2C5H8O2.C3H6O/c1-2-8-6-4-3-5-7-8;1-4(2)5(6)7-3;1-3-5(6)7-4-2;1-2-3-4/h2-7H,1H2;1H2,2-3H3;3H,1,4H2,2H3;2,4H,1,3H2. The number of methoxy groups -OCH3 is 1. The molecule has 1 rings (SSSR count).